The lowest BCUT2D eigenvalue weighted by Crippen LogP contribution is -2.25. The molecule has 0 saturated carbocycles. The number of nitrogens with two attached hydrogens (primary N) is 1. The molecule has 1 atom stereocenters. The van der Waals surface area contributed by atoms with Crippen LogP contribution in [0.15, 0.2) is 67.1 Å². The van der Waals surface area contributed by atoms with Gasteiger partial charge >= 0.3 is 0 Å². The Labute approximate surface area is 194 Å². The van der Waals surface area contributed by atoms with Crippen molar-refractivity contribution in [1.29, 1.82) is 0 Å². The SMILES string of the molecule is C=C(NCCCO)OCc1ccc(C(C(N)=O)c2c(F)cccc2F)nc1-c1ccc(F)cc1. The summed E-state index contributed by atoms with van der Waals surface area (Å²) in [6.45, 7) is 4.25. The molecule has 0 fully saturated rings. The van der Waals surface area contributed by atoms with Crippen molar-refractivity contribution < 1.29 is 27.8 Å². The summed E-state index contributed by atoms with van der Waals surface area (Å²) in [6.07, 6.45) is 0.514. The molecule has 1 amide bonds. The van der Waals surface area contributed by atoms with Gasteiger partial charge in [-0.15, -0.1) is 0 Å². The molecule has 1 unspecified atom stereocenters. The summed E-state index contributed by atoms with van der Waals surface area (Å²) >= 11 is 0. The van der Waals surface area contributed by atoms with Crippen molar-refractivity contribution in [3.63, 3.8) is 0 Å². The van der Waals surface area contributed by atoms with Gasteiger partial charge in [-0.05, 0) is 55.5 Å². The molecule has 1 aromatic heterocycles. The van der Waals surface area contributed by atoms with Crippen molar-refractivity contribution in [2.24, 2.45) is 5.73 Å². The van der Waals surface area contributed by atoms with Gasteiger partial charge < -0.3 is 20.9 Å². The summed E-state index contributed by atoms with van der Waals surface area (Å²) in [7, 11) is 0. The summed E-state index contributed by atoms with van der Waals surface area (Å²) in [5, 5.41) is 11.8. The molecule has 0 saturated heterocycles. The zero-order valence-corrected chi connectivity index (χ0v) is 18.2. The number of carbonyl (C=O) groups excluding carboxylic acids is 1. The number of aliphatic hydroxyl groups is 1. The van der Waals surface area contributed by atoms with E-state index in [4.69, 9.17) is 15.6 Å². The van der Waals surface area contributed by atoms with Crippen LogP contribution in [-0.2, 0) is 16.1 Å². The number of hydrogen-bond donors (Lipinski definition) is 3. The Morgan fingerprint density at radius 1 is 1.09 bits per heavy atom. The molecule has 0 aliphatic carbocycles. The van der Waals surface area contributed by atoms with E-state index in [1.54, 1.807) is 6.07 Å². The second-order valence-electron chi connectivity index (χ2n) is 7.44. The van der Waals surface area contributed by atoms with Crippen LogP contribution in [0.1, 0.15) is 29.2 Å². The van der Waals surface area contributed by atoms with E-state index in [1.165, 1.54) is 36.4 Å². The number of pyridine rings is 1. The van der Waals surface area contributed by atoms with Crippen LogP contribution in [0.3, 0.4) is 0 Å². The van der Waals surface area contributed by atoms with Crippen LogP contribution in [0.2, 0.25) is 0 Å². The monoisotopic (exact) mass is 471 g/mol. The number of amides is 1. The normalized spacial score (nSPS) is 11.6. The van der Waals surface area contributed by atoms with Crippen LogP contribution in [0.4, 0.5) is 13.2 Å². The van der Waals surface area contributed by atoms with Gasteiger partial charge in [0.05, 0.1) is 11.4 Å². The van der Waals surface area contributed by atoms with Gasteiger partial charge in [0.25, 0.3) is 0 Å². The van der Waals surface area contributed by atoms with Gasteiger partial charge in [0.15, 0.2) is 5.88 Å². The van der Waals surface area contributed by atoms with E-state index in [9.17, 15) is 18.0 Å². The maximum atomic E-state index is 14.5. The maximum absolute atomic E-state index is 14.5. The van der Waals surface area contributed by atoms with Gasteiger partial charge in [-0.3, -0.25) is 9.78 Å². The van der Waals surface area contributed by atoms with E-state index < -0.39 is 34.8 Å². The van der Waals surface area contributed by atoms with Crippen molar-refractivity contribution >= 4 is 5.91 Å². The zero-order valence-electron chi connectivity index (χ0n) is 18.2. The number of nitrogens with one attached hydrogen (secondary N) is 1. The summed E-state index contributed by atoms with van der Waals surface area (Å²) in [6, 6.07) is 11.7. The topological polar surface area (TPSA) is 97.5 Å². The van der Waals surface area contributed by atoms with Crippen molar-refractivity contribution in [2.75, 3.05) is 13.2 Å². The van der Waals surface area contributed by atoms with Crippen LogP contribution in [0.25, 0.3) is 11.3 Å². The van der Waals surface area contributed by atoms with E-state index in [0.717, 1.165) is 12.1 Å². The molecule has 1 heterocycles. The molecule has 2 aromatic carbocycles. The average Bonchev–Trinajstić information content (AvgIpc) is 2.81. The molecule has 178 valence electrons. The van der Waals surface area contributed by atoms with Crippen LogP contribution >= 0.6 is 0 Å². The van der Waals surface area contributed by atoms with Gasteiger partial charge in [-0.2, -0.15) is 0 Å². The van der Waals surface area contributed by atoms with Crippen LogP contribution in [0, 0.1) is 17.5 Å². The molecule has 34 heavy (non-hydrogen) atoms. The number of halogens is 3. The third-order valence-electron chi connectivity index (χ3n) is 5.05. The van der Waals surface area contributed by atoms with Gasteiger partial charge in [-0.25, -0.2) is 13.2 Å². The van der Waals surface area contributed by atoms with Crippen molar-refractivity contribution in [3.8, 4) is 11.3 Å². The largest absolute Gasteiger partial charge is 0.475 e. The molecule has 0 spiro atoms. The molecule has 3 aromatic rings. The molecule has 9 heteroatoms. The van der Waals surface area contributed by atoms with E-state index in [0.29, 0.717) is 29.8 Å². The van der Waals surface area contributed by atoms with Crippen LogP contribution in [0.5, 0.6) is 0 Å². The second kappa shape index (κ2) is 11.3. The lowest BCUT2D eigenvalue weighted by atomic mass is 9.92. The van der Waals surface area contributed by atoms with E-state index in [1.807, 2.05) is 0 Å². The third kappa shape index (κ3) is 5.93. The third-order valence-corrected chi connectivity index (χ3v) is 5.05. The van der Waals surface area contributed by atoms with Gasteiger partial charge in [0.1, 0.15) is 30.0 Å². The first-order valence-electron chi connectivity index (χ1n) is 10.5. The van der Waals surface area contributed by atoms with Gasteiger partial charge in [0, 0.05) is 29.8 Å². The Kier molecular flexibility index (Phi) is 8.26. The summed E-state index contributed by atoms with van der Waals surface area (Å²) in [5.74, 6) is -4.50. The fourth-order valence-corrected chi connectivity index (χ4v) is 3.38. The highest BCUT2D eigenvalue weighted by Crippen LogP contribution is 2.31. The van der Waals surface area contributed by atoms with E-state index >= 15 is 0 Å². The number of nitrogens with zero attached hydrogens (tertiary/aromatic N) is 1. The minimum Gasteiger partial charge on any atom is -0.475 e. The number of ether oxygens (including phenoxy) is 1. The van der Waals surface area contributed by atoms with Crippen molar-refractivity contribution in [1.82, 2.24) is 10.3 Å². The van der Waals surface area contributed by atoms with Gasteiger partial charge in [0.2, 0.25) is 5.91 Å². The Hall–Kier alpha value is -3.85. The lowest BCUT2D eigenvalue weighted by Gasteiger charge is -2.18. The number of aromatic nitrogens is 1. The Bertz CT molecular complexity index is 1150. The summed E-state index contributed by atoms with van der Waals surface area (Å²) in [5.41, 5.74) is 6.42. The first-order valence-corrected chi connectivity index (χ1v) is 10.5. The number of benzene rings is 2. The molecule has 0 radical (unpaired) electrons. The highest BCUT2D eigenvalue weighted by Gasteiger charge is 2.29. The smallest absolute Gasteiger partial charge is 0.231 e. The lowest BCUT2D eigenvalue weighted by molar-refractivity contribution is -0.118. The fourth-order valence-electron chi connectivity index (χ4n) is 3.38. The molecule has 6 nitrogen and oxygen atoms in total. The van der Waals surface area contributed by atoms with Crippen LogP contribution < -0.4 is 11.1 Å². The number of hydrogen-bond acceptors (Lipinski definition) is 5. The number of rotatable bonds is 11. The number of aliphatic hydroxyl groups excluding tert-OH is 1. The number of carbonyl (C=O) groups is 1. The first kappa shape index (κ1) is 24.8. The van der Waals surface area contributed by atoms with Crippen molar-refractivity contribution in [2.45, 2.75) is 18.9 Å². The molecule has 0 aliphatic rings. The predicted molar refractivity (Wildman–Crippen MR) is 121 cm³/mol. The maximum Gasteiger partial charge on any atom is 0.231 e. The first-order chi connectivity index (χ1) is 16.3. The quantitative estimate of drug-likeness (QED) is 0.292. The molecule has 3 rings (SSSR count). The minimum atomic E-state index is -1.48. The molecule has 0 bridgehead atoms. The van der Waals surface area contributed by atoms with E-state index in [2.05, 4.69) is 16.9 Å². The Balaban J connectivity index is 2.01. The molecular weight excluding hydrogens is 447 g/mol. The summed E-state index contributed by atoms with van der Waals surface area (Å²) < 4.78 is 48.0. The predicted octanol–water partition coefficient (Wildman–Crippen LogP) is 3.74. The van der Waals surface area contributed by atoms with Crippen LogP contribution in [-0.4, -0.2) is 29.1 Å². The second-order valence-corrected chi connectivity index (χ2v) is 7.44. The summed E-state index contributed by atoms with van der Waals surface area (Å²) in [4.78, 5) is 16.7. The minimum absolute atomic E-state index is 0.0141. The Morgan fingerprint density at radius 3 is 2.38 bits per heavy atom. The molecule has 0 aliphatic heterocycles. The Morgan fingerprint density at radius 2 is 1.76 bits per heavy atom. The highest BCUT2D eigenvalue weighted by molar-refractivity contribution is 5.85. The fraction of sp³-hybridized carbons (Fsp3) is 0.200. The molecular formula is C25H24F3N3O3. The van der Waals surface area contributed by atoms with Crippen molar-refractivity contribution in [3.05, 3.63) is 101 Å². The average molecular weight is 471 g/mol. The zero-order chi connectivity index (χ0) is 24.7. The van der Waals surface area contributed by atoms with E-state index in [-0.39, 0.29) is 24.8 Å². The number of primary amides is 1. The van der Waals surface area contributed by atoms with Gasteiger partial charge in [-0.1, -0.05) is 12.1 Å². The molecule has 4 N–H and O–H groups in total. The standard InChI is InChI=1S/C25H24F3N3O3/c1-15(30-12-3-13-32)34-14-17-8-11-21(31-24(17)16-6-9-18(26)10-7-16)23(25(29)33)22-19(27)4-2-5-20(22)28/h2,4-11,23,30,32H,1,3,12-14H2,(H2,29,33). The highest BCUT2D eigenvalue weighted by atomic mass is 19.1.